The van der Waals surface area contributed by atoms with E-state index in [1.165, 1.54) is 49.6 Å². The second-order valence-electron chi connectivity index (χ2n) is 8.13. The first-order valence-corrected chi connectivity index (χ1v) is 11.2. The van der Waals surface area contributed by atoms with Gasteiger partial charge in [-0.2, -0.15) is 0 Å². The van der Waals surface area contributed by atoms with Gasteiger partial charge in [0.1, 0.15) is 17.7 Å². The first-order chi connectivity index (χ1) is 17.3. The van der Waals surface area contributed by atoms with Crippen molar-refractivity contribution in [2.45, 2.75) is 25.0 Å². The third-order valence-corrected chi connectivity index (χ3v) is 5.63. The van der Waals surface area contributed by atoms with Crippen molar-refractivity contribution in [3.05, 3.63) is 107 Å². The lowest BCUT2D eigenvalue weighted by Gasteiger charge is -2.25. The van der Waals surface area contributed by atoms with Gasteiger partial charge in [0.05, 0.1) is 24.8 Å². The van der Waals surface area contributed by atoms with Gasteiger partial charge in [-0.25, -0.2) is 8.78 Å². The van der Waals surface area contributed by atoms with Crippen LogP contribution in [0.3, 0.4) is 0 Å². The molecule has 188 valence electrons. The van der Waals surface area contributed by atoms with E-state index in [-0.39, 0.29) is 35.6 Å². The molecule has 7 nitrogen and oxygen atoms in total. The van der Waals surface area contributed by atoms with Crippen molar-refractivity contribution in [2.24, 2.45) is 5.73 Å². The summed E-state index contributed by atoms with van der Waals surface area (Å²) in [6.45, 7) is -0.322. The maximum atomic E-state index is 14.8. The Hall–Kier alpha value is -3.95. The van der Waals surface area contributed by atoms with Gasteiger partial charge in [-0.1, -0.05) is 30.3 Å². The zero-order valence-corrected chi connectivity index (χ0v) is 19.7. The summed E-state index contributed by atoms with van der Waals surface area (Å²) >= 11 is 0. The summed E-state index contributed by atoms with van der Waals surface area (Å²) in [6, 6.07) is 14.4. The number of hydrogen-bond donors (Lipinski definition) is 4. The van der Waals surface area contributed by atoms with Gasteiger partial charge in [0.25, 0.3) is 0 Å². The Morgan fingerprint density at radius 3 is 2.56 bits per heavy atom. The van der Waals surface area contributed by atoms with Crippen LogP contribution in [0.1, 0.15) is 22.4 Å². The molecule has 1 amide bonds. The predicted molar refractivity (Wildman–Crippen MR) is 133 cm³/mol. The Morgan fingerprint density at radius 1 is 1.17 bits per heavy atom. The second-order valence-corrected chi connectivity index (χ2v) is 8.13. The number of amides is 1. The Kier molecular flexibility index (Phi) is 9.38. The van der Waals surface area contributed by atoms with Crippen molar-refractivity contribution in [1.29, 1.82) is 5.41 Å². The van der Waals surface area contributed by atoms with Gasteiger partial charge >= 0.3 is 0 Å². The highest BCUT2D eigenvalue weighted by Gasteiger charge is 2.24. The van der Waals surface area contributed by atoms with E-state index in [0.29, 0.717) is 17.7 Å². The van der Waals surface area contributed by atoms with Crippen LogP contribution in [-0.4, -0.2) is 47.6 Å². The highest BCUT2D eigenvalue weighted by Crippen LogP contribution is 2.19. The number of hydrogen-bond acceptors (Lipinski definition) is 6. The molecular formula is C27H28F2N4O3. The molecule has 3 aromatic rings. The van der Waals surface area contributed by atoms with E-state index in [0.717, 1.165) is 0 Å². The molecule has 2 atom stereocenters. The van der Waals surface area contributed by atoms with Crippen LogP contribution in [0.15, 0.2) is 72.9 Å². The largest absolute Gasteiger partial charge is 0.398 e. The van der Waals surface area contributed by atoms with Crippen molar-refractivity contribution >= 4 is 17.3 Å². The average Bonchev–Trinajstić information content (AvgIpc) is 2.85. The van der Waals surface area contributed by atoms with E-state index >= 15 is 0 Å². The molecule has 0 aliphatic heterocycles. The molecule has 0 radical (unpaired) electrons. The molecule has 1 heterocycles. The molecule has 0 spiro atoms. The molecular weight excluding hydrogens is 466 g/mol. The molecule has 0 unspecified atom stereocenters. The average molecular weight is 495 g/mol. The van der Waals surface area contributed by atoms with Crippen LogP contribution in [0.25, 0.3) is 5.70 Å². The number of aliphatic hydroxyl groups is 1. The third-order valence-electron chi connectivity index (χ3n) is 5.63. The van der Waals surface area contributed by atoms with Gasteiger partial charge in [-0.15, -0.1) is 0 Å². The predicted octanol–water partition coefficient (Wildman–Crippen LogP) is 3.00. The van der Waals surface area contributed by atoms with E-state index < -0.39 is 29.7 Å². The lowest BCUT2D eigenvalue weighted by atomic mass is 9.97. The summed E-state index contributed by atoms with van der Waals surface area (Å²) in [4.78, 5) is 17.2. The van der Waals surface area contributed by atoms with Crippen molar-refractivity contribution < 1.29 is 23.4 Å². The smallest absolute Gasteiger partial charge is 0.224 e. The summed E-state index contributed by atoms with van der Waals surface area (Å²) in [7, 11) is 1.43. The Labute approximate surface area is 208 Å². The van der Waals surface area contributed by atoms with Crippen LogP contribution in [0.5, 0.6) is 0 Å². The molecule has 1 aromatic heterocycles. The molecule has 9 heteroatoms. The van der Waals surface area contributed by atoms with Gasteiger partial charge in [-0.3, -0.25) is 9.78 Å². The van der Waals surface area contributed by atoms with Crippen molar-refractivity contribution in [1.82, 2.24) is 10.3 Å². The number of nitrogens with one attached hydrogen (secondary N) is 2. The number of benzene rings is 2. The maximum Gasteiger partial charge on any atom is 0.224 e. The maximum absolute atomic E-state index is 14.8. The van der Waals surface area contributed by atoms with Crippen molar-refractivity contribution in [2.75, 3.05) is 13.7 Å². The topological polar surface area (TPSA) is 121 Å². The number of nitrogens with zero attached hydrogens (tertiary/aromatic N) is 1. The van der Waals surface area contributed by atoms with Crippen LogP contribution < -0.4 is 11.1 Å². The summed E-state index contributed by atoms with van der Waals surface area (Å²) in [5.41, 5.74) is 7.36. The zero-order valence-electron chi connectivity index (χ0n) is 19.7. The highest BCUT2D eigenvalue weighted by atomic mass is 19.1. The minimum absolute atomic E-state index is 0.0653. The third kappa shape index (κ3) is 7.03. The van der Waals surface area contributed by atoms with E-state index in [2.05, 4.69) is 10.3 Å². The first-order valence-electron chi connectivity index (χ1n) is 11.2. The normalized spacial score (nSPS) is 13.2. The fourth-order valence-electron chi connectivity index (χ4n) is 3.79. The number of halogens is 2. The number of allylic oxidation sites excluding steroid dienone is 1. The molecule has 0 saturated carbocycles. The lowest BCUT2D eigenvalue weighted by Crippen LogP contribution is -2.48. The summed E-state index contributed by atoms with van der Waals surface area (Å²) in [5.74, 6) is -1.55. The molecule has 0 saturated heterocycles. The van der Waals surface area contributed by atoms with Gasteiger partial charge in [0, 0.05) is 36.7 Å². The summed E-state index contributed by atoms with van der Waals surface area (Å²) in [6.07, 6.45) is 2.31. The summed E-state index contributed by atoms with van der Waals surface area (Å²) in [5, 5.41) is 21.0. The standard InChI is InChI=1S/C27H28F2N4O3/c1-36-25(16-34)24(14-20-6-2-3-12-32-20)33-26(35)13-18-5-4-7-21(29)27(18)23(31)15-22(30)17-8-10-19(28)11-9-17/h2-12,15,24-25,31,34H,13-14,16,30H2,1H3,(H,33,35)/b22-15-,31-23?/t24-,25+/m1/s1. The fourth-order valence-corrected chi connectivity index (χ4v) is 3.79. The molecule has 0 aliphatic carbocycles. The second kappa shape index (κ2) is 12.7. The van der Waals surface area contributed by atoms with Crippen LogP contribution in [0.2, 0.25) is 0 Å². The van der Waals surface area contributed by atoms with Crippen LogP contribution in [0.4, 0.5) is 8.78 Å². The SMILES string of the molecule is CO[C@@H](CO)[C@@H](Cc1ccccn1)NC(=O)Cc1cccc(F)c1C(=N)/C=C(\N)c1ccc(F)cc1. The number of aromatic nitrogens is 1. The van der Waals surface area contributed by atoms with Gasteiger partial charge < -0.3 is 26.3 Å². The fraction of sp³-hybridized carbons (Fsp3) is 0.222. The van der Waals surface area contributed by atoms with Gasteiger partial charge in [0.15, 0.2) is 0 Å². The summed E-state index contributed by atoms with van der Waals surface area (Å²) < 4.78 is 33.3. The van der Waals surface area contributed by atoms with Gasteiger partial charge in [0.2, 0.25) is 5.91 Å². The van der Waals surface area contributed by atoms with Gasteiger partial charge in [-0.05, 0) is 47.5 Å². The number of carbonyl (C=O) groups is 1. The van der Waals surface area contributed by atoms with E-state index in [4.69, 9.17) is 15.9 Å². The lowest BCUT2D eigenvalue weighted by molar-refractivity contribution is -0.122. The molecule has 0 aliphatic rings. The monoisotopic (exact) mass is 494 g/mol. The number of aliphatic hydroxyl groups excluding tert-OH is 1. The number of carbonyl (C=O) groups excluding carboxylic acids is 1. The first kappa shape index (κ1) is 26.7. The van der Waals surface area contributed by atoms with Crippen LogP contribution in [-0.2, 0) is 22.4 Å². The number of rotatable bonds is 11. The van der Waals surface area contributed by atoms with Crippen LogP contribution in [0, 0.1) is 17.0 Å². The number of ether oxygens (including phenoxy) is 1. The number of pyridine rings is 1. The van der Waals surface area contributed by atoms with E-state index in [1.807, 2.05) is 6.07 Å². The Bertz CT molecular complexity index is 1210. The molecule has 3 rings (SSSR count). The zero-order chi connectivity index (χ0) is 26.1. The van der Waals surface area contributed by atoms with E-state index in [1.54, 1.807) is 24.4 Å². The molecule has 5 N–H and O–H groups in total. The van der Waals surface area contributed by atoms with Crippen molar-refractivity contribution in [3.63, 3.8) is 0 Å². The molecule has 0 bridgehead atoms. The number of methoxy groups -OCH3 is 1. The minimum Gasteiger partial charge on any atom is -0.398 e. The van der Waals surface area contributed by atoms with Crippen LogP contribution >= 0.6 is 0 Å². The van der Waals surface area contributed by atoms with Crippen molar-refractivity contribution in [3.8, 4) is 0 Å². The minimum atomic E-state index is -0.681. The Morgan fingerprint density at radius 2 is 1.92 bits per heavy atom. The van der Waals surface area contributed by atoms with E-state index in [9.17, 15) is 18.7 Å². The quantitative estimate of drug-likeness (QED) is 0.306. The highest BCUT2D eigenvalue weighted by molar-refractivity contribution is 6.11. The molecule has 0 fully saturated rings. The Balaban J connectivity index is 1.81. The molecule has 36 heavy (non-hydrogen) atoms. The number of nitrogens with two attached hydrogens (primary N) is 1. The molecule has 2 aromatic carbocycles.